The van der Waals surface area contributed by atoms with Crippen LogP contribution in [-0.4, -0.2) is 50.7 Å². The number of ether oxygens (including phenoxy) is 1. The van der Waals surface area contributed by atoms with Crippen molar-refractivity contribution in [3.05, 3.63) is 12.2 Å². The van der Waals surface area contributed by atoms with E-state index in [2.05, 4.69) is 28.0 Å². The number of hydrazone groups is 1. The van der Waals surface area contributed by atoms with Crippen molar-refractivity contribution in [2.75, 3.05) is 39.4 Å². The lowest BCUT2D eigenvalue weighted by molar-refractivity contribution is -0.906. The van der Waals surface area contributed by atoms with E-state index in [9.17, 15) is 0 Å². The van der Waals surface area contributed by atoms with Crippen LogP contribution in [-0.2, 0) is 4.74 Å². The van der Waals surface area contributed by atoms with Crippen LogP contribution in [0.3, 0.4) is 0 Å². The molecule has 1 heterocycles. The van der Waals surface area contributed by atoms with Gasteiger partial charge in [-0.3, -0.25) is 5.43 Å². The average Bonchev–Trinajstić information content (AvgIpc) is 2.49. The molecule has 0 aromatic heterocycles. The van der Waals surface area contributed by atoms with Gasteiger partial charge in [0.15, 0.2) is 5.11 Å². The first-order chi connectivity index (χ1) is 9.84. The summed E-state index contributed by atoms with van der Waals surface area (Å²) in [5.41, 5.74) is 2.90. The number of thiocarbonyl (C=S) groups is 1. The minimum Gasteiger partial charge on any atom is -0.370 e. The molecule has 0 aromatic rings. The Labute approximate surface area is 126 Å². The van der Waals surface area contributed by atoms with E-state index < -0.39 is 0 Å². The zero-order valence-corrected chi connectivity index (χ0v) is 12.8. The second-order valence-electron chi connectivity index (χ2n) is 5.30. The third-order valence-electron chi connectivity index (χ3n) is 3.73. The Kier molecular flexibility index (Phi) is 6.97. The molecule has 0 spiro atoms. The van der Waals surface area contributed by atoms with Crippen LogP contribution in [0.15, 0.2) is 17.3 Å². The van der Waals surface area contributed by atoms with Crippen LogP contribution in [0.2, 0.25) is 0 Å². The fourth-order valence-corrected chi connectivity index (χ4v) is 2.61. The van der Waals surface area contributed by atoms with Crippen molar-refractivity contribution in [3.8, 4) is 0 Å². The van der Waals surface area contributed by atoms with Gasteiger partial charge >= 0.3 is 0 Å². The van der Waals surface area contributed by atoms with E-state index in [1.165, 1.54) is 6.42 Å². The largest absolute Gasteiger partial charge is 0.370 e. The molecule has 1 atom stereocenters. The maximum absolute atomic E-state index is 5.33. The molecule has 2 rings (SSSR count). The summed E-state index contributed by atoms with van der Waals surface area (Å²) in [6, 6.07) is 0. The molecule has 1 saturated heterocycles. The van der Waals surface area contributed by atoms with Gasteiger partial charge in [-0.25, -0.2) is 0 Å². The van der Waals surface area contributed by atoms with Crippen molar-refractivity contribution in [1.29, 1.82) is 0 Å². The molecule has 5 nitrogen and oxygen atoms in total. The van der Waals surface area contributed by atoms with E-state index in [1.54, 1.807) is 4.90 Å². The van der Waals surface area contributed by atoms with Crippen LogP contribution in [0.25, 0.3) is 0 Å². The number of nitrogens with one attached hydrogen (secondary N) is 3. The van der Waals surface area contributed by atoms with Crippen molar-refractivity contribution in [2.45, 2.75) is 19.3 Å². The van der Waals surface area contributed by atoms with Crippen LogP contribution < -0.4 is 15.6 Å². The molecule has 0 unspecified atom stereocenters. The molecule has 0 aromatic carbocycles. The van der Waals surface area contributed by atoms with Crippen LogP contribution in [0.5, 0.6) is 0 Å². The second-order valence-corrected chi connectivity index (χ2v) is 5.71. The van der Waals surface area contributed by atoms with E-state index in [-0.39, 0.29) is 0 Å². The number of morpholine rings is 1. The topological polar surface area (TPSA) is 50.1 Å². The number of hydrogen-bond acceptors (Lipinski definition) is 3. The maximum Gasteiger partial charge on any atom is 0.187 e. The normalized spacial score (nSPS) is 23.9. The summed E-state index contributed by atoms with van der Waals surface area (Å²) in [6.07, 6.45) is 9.86. The van der Waals surface area contributed by atoms with E-state index in [4.69, 9.17) is 17.0 Å². The van der Waals surface area contributed by atoms with Crippen molar-refractivity contribution in [3.63, 3.8) is 0 Å². The zero-order chi connectivity index (χ0) is 14.0. The molecule has 6 heteroatoms. The summed E-state index contributed by atoms with van der Waals surface area (Å²) in [5.74, 6) is 0.549. The third kappa shape index (κ3) is 5.98. The third-order valence-corrected chi connectivity index (χ3v) is 3.96. The van der Waals surface area contributed by atoms with Gasteiger partial charge in [0.1, 0.15) is 13.1 Å². The Bertz CT molecular complexity index is 353. The highest BCUT2D eigenvalue weighted by Crippen LogP contribution is 2.15. The molecular formula is C14H25N4OS+. The quantitative estimate of drug-likeness (QED) is 0.282. The molecule has 0 bridgehead atoms. The first-order valence-corrected chi connectivity index (χ1v) is 7.89. The second kappa shape index (κ2) is 9.05. The zero-order valence-electron chi connectivity index (χ0n) is 11.9. The van der Waals surface area contributed by atoms with Crippen LogP contribution in [0.4, 0.5) is 0 Å². The molecule has 1 aliphatic carbocycles. The predicted octanol–water partition coefficient (Wildman–Crippen LogP) is -0.292. The van der Waals surface area contributed by atoms with Gasteiger partial charge in [-0.2, -0.15) is 5.10 Å². The first-order valence-electron chi connectivity index (χ1n) is 7.48. The number of hydrogen-bond donors (Lipinski definition) is 3. The number of rotatable bonds is 5. The van der Waals surface area contributed by atoms with Crippen LogP contribution >= 0.6 is 12.2 Å². The van der Waals surface area contributed by atoms with Crippen molar-refractivity contribution >= 4 is 23.5 Å². The summed E-state index contributed by atoms with van der Waals surface area (Å²) in [7, 11) is 0. The van der Waals surface area contributed by atoms with Gasteiger partial charge in [-0.05, 0) is 37.4 Å². The first kappa shape index (κ1) is 15.4. The lowest BCUT2D eigenvalue weighted by Gasteiger charge is -2.23. The molecule has 20 heavy (non-hydrogen) atoms. The summed E-state index contributed by atoms with van der Waals surface area (Å²) in [5, 5.41) is 8.03. The number of allylic oxidation sites excluding steroid dienone is 2. The number of quaternary nitrogens is 1. The minimum atomic E-state index is 0.549. The molecule has 2 aliphatic rings. The van der Waals surface area contributed by atoms with E-state index in [1.807, 2.05) is 6.21 Å². The van der Waals surface area contributed by atoms with Crippen LogP contribution in [0.1, 0.15) is 19.3 Å². The van der Waals surface area contributed by atoms with E-state index in [0.717, 1.165) is 52.2 Å². The van der Waals surface area contributed by atoms with Gasteiger partial charge < -0.3 is 15.0 Å². The minimum absolute atomic E-state index is 0.549. The smallest absolute Gasteiger partial charge is 0.187 e. The van der Waals surface area contributed by atoms with E-state index >= 15 is 0 Å². The van der Waals surface area contributed by atoms with E-state index in [0.29, 0.717) is 11.0 Å². The summed E-state index contributed by atoms with van der Waals surface area (Å²) < 4.78 is 5.33. The van der Waals surface area contributed by atoms with Crippen molar-refractivity contribution < 1.29 is 9.64 Å². The highest BCUT2D eigenvalue weighted by atomic mass is 32.1. The lowest BCUT2D eigenvalue weighted by Crippen LogP contribution is -3.14. The SMILES string of the molecule is S=C(NCC[NH+]1CCOCC1)N/N=C\[C@H]1CC=CCC1. The van der Waals surface area contributed by atoms with Gasteiger partial charge in [0.25, 0.3) is 0 Å². The molecule has 0 radical (unpaired) electrons. The average molecular weight is 297 g/mol. The summed E-state index contributed by atoms with van der Waals surface area (Å²) in [6.45, 7) is 5.88. The fraction of sp³-hybridized carbons (Fsp3) is 0.714. The summed E-state index contributed by atoms with van der Waals surface area (Å²) >= 11 is 5.20. The Morgan fingerprint density at radius 3 is 3.00 bits per heavy atom. The fourth-order valence-electron chi connectivity index (χ4n) is 2.46. The Morgan fingerprint density at radius 1 is 1.40 bits per heavy atom. The Balaban J connectivity index is 1.53. The summed E-state index contributed by atoms with van der Waals surface area (Å²) in [4.78, 5) is 1.57. The number of nitrogens with zero attached hydrogens (tertiary/aromatic N) is 1. The molecule has 112 valence electrons. The van der Waals surface area contributed by atoms with Gasteiger partial charge in [0.2, 0.25) is 0 Å². The standard InChI is InChI=1S/C14H24N4OS/c20-14(15-6-7-18-8-10-19-11-9-18)17-16-12-13-4-2-1-3-5-13/h1-2,12-13H,3-11H2,(H2,15,17,20)/p+1/b16-12-/t13-/m0/s1. The van der Waals surface area contributed by atoms with Crippen LogP contribution in [0, 0.1) is 5.92 Å². The van der Waals surface area contributed by atoms with Crippen molar-refractivity contribution in [1.82, 2.24) is 10.7 Å². The van der Waals surface area contributed by atoms with Gasteiger partial charge in [-0.15, -0.1) is 0 Å². The monoisotopic (exact) mass is 297 g/mol. The lowest BCUT2D eigenvalue weighted by atomic mass is 9.96. The molecule has 3 N–H and O–H groups in total. The molecule has 1 fully saturated rings. The molecular weight excluding hydrogens is 272 g/mol. The highest BCUT2D eigenvalue weighted by Gasteiger charge is 2.12. The highest BCUT2D eigenvalue weighted by molar-refractivity contribution is 7.80. The predicted molar refractivity (Wildman–Crippen MR) is 85.1 cm³/mol. The molecule has 1 aliphatic heterocycles. The molecule has 0 amide bonds. The van der Waals surface area contributed by atoms with Gasteiger partial charge in [-0.1, -0.05) is 12.2 Å². The maximum atomic E-state index is 5.33. The Hall–Kier alpha value is -0.980. The van der Waals surface area contributed by atoms with Gasteiger partial charge in [0.05, 0.1) is 26.3 Å². The molecule has 0 saturated carbocycles. The van der Waals surface area contributed by atoms with Crippen molar-refractivity contribution in [2.24, 2.45) is 11.0 Å². The Morgan fingerprint density at radius 2 is 2.25 bits per heavy atom. The van der Waals surface area contributed by atoms with Gasteiger partial charge in [0, 0.05) is 6.21 Å².